The molecule has 0 radical (unpaired) electrons. The number of likely N-dealkylation sites (tertiary alicyclic amines) is 1. The standard InChI is InChI=1S/C16H21N5O/c1-17-16(22)13-11-19-20-15(13)14-3-2-9-21(14)10-6-12-4-7-18-8-5-12/h4-5,7-8,11,14H,2-3,6,9-10H2,1H3,(H,17,22)(H,19,20)/t14-/m0/s1. The Balaban J connectivity index is 1.71. The van der Waals surface area contributed by atoms with Gasteiger partial charge in [0.25, 0.3) is 5.91 Å². The van der Waals surface area contributed by atoms with Crippen molar-refractivity contribution in [2.45, 2.75) is 25.3 Å². The summed E-state index contributed by atoms with van der Waals surface area (Å²) in [6.45, 7) is 2.03. The Hall–Kier alpha value is -2.21. The third-order valence-corrected chi connectivity index (χ3v) is 4.27. The smallest absolute Gasteiger partial charge is 0.254 e. The molecule has 0 aromatic carbocycles. The number of rotatable bonds is 5. The Morgan fingerprint density at radius 3 is 3.05 bits per heavy atom. The summed E-state index contributed by atoms with van der Waals surface area (Å²) in [5.41, 5.74) is 2.88. The number of aromatic nitrogens is 3. The van der Waals surface area contributed by atoms with Crippen LogP contribution in [-0.2, 0) is 6.42 Å². The van der Waals surface area contributed by atoms with Crippen LogP contribution < -0.4 is 5.32 Å². The molecule has 2 aromatic rings. The fourth-order valence-corrected chi connectivity index (χ4v) is 3.11. The summed E-state index contributed by atoms with van der Waals surface area (Å²) in [5, 5.41) is 9.78. The maximum absolute atomic E-state index is 11.9. The van der Waals surface area contributed by atoms with E-state index in [9.17, 15) is 4.79 Å². The molecule has 0 aliphatic carbocycles. The van der Waals surface area contributed by atoms with Crippen LogP contribution in [0.4, 0.5) is 0 Å². The molecule has 1 amide bonds. The monoisotopic (exact) mass is 299 g/mol. The van der Waals surface area contributed by atoms with Crippen molar-refractivity contribution in [3.05, 3.63) is 47.5 Å². The maximum atomic E-state index is 11.9. The molecule has 2 aromatic heterocycles. The van der Waals surface area contributed by atoms with E-state index in [4.69, 9.17) is 0 Å². The fraction of sp³-hybridized carbons (Fsp3) is 0.438. The van der Waals surface area contributed by atoms with Crippen LogP contribution in [0.1, 0.15) is 40.5 Å². The van der Waals surface area contributed by atoms with Crippen molar-refractivity contribution < 1.29 is 4.79 Å². The van der Waals surface area contributed by atoms with Crippen molar-refractivity contribution in [1.82, 2.24) is 25.4 Å². The van der Waals surface area contributed by atoms with E-state index in [-0.39, 0.29) is 11.9 Å². The van der Waals surface area contributed by atoms with Crippen molar-refractivity contribution in [2.24, 2.45) is 0 Å². The third kappa shape index (κ3) is 3.01. The van der Waals surface area contributed by atoms with Gasteiger partial charge in [-0.3, -0.25) is 19.8 Å². The molecule has 0 unspecified atom stereocenters. The molecule has 1 atom stereocenters. The molecule has 2 N–H and O–H groups in total. The molecular formula is C16H21N5O. The SMILES string of the molecule is CNC(=O)c1cn[nH]c1[C@@H]1CCCN1CCc1ccncc1. The van der Waals surface area contributed by atoms with Gasteiger partial charge in [-0.1, -0.05) is 0 Å². The van der Waals surface area contributed by atoms with Crippen LogP contribution in [-0.4, -0.2) is 46.1 Å². The first-order valence-electron chi connectivity index (χ1n) is 7.68. The zero-order valence-electron chi connectivity index (χ0n) is 12.7. The van der Waals surface area contributed by atoms with E-state index in [2.05, 4.69) is 37.5 Å². The molecule has 3 rings (SSSR count). The molecule has 6 nitrogen and oxygen atoms in total. The van der Waals surface area contributed by atoms with E-state index in [0.717, 1.165) is 38.0 Å². The van der Waals surface area contributed by atoms with Crippen LogP contribution in [0.5, 0.6) is 0 Å². The number of amides is 1. The highest BCUT2D eigenvalue weighted by molar-refractivity contribution is 5.95. The molecule has 1 saturated heterocycles. The number of nitrogens with one attached hydrogen (secondary N) is 2. The van der Waals surface area contributed by atoms with Gasteiger partial charge in [-0.2, -0.15) is 5.10 Å². The summed E-state index contributed by atoms with van der Waals surface area (Å²) >= 11 is 0. The highest BCUT2D eigenvalue weighted by Crippen LogP contribution is 2.32. The first kappa shape index (κ1) is 14.7. The minimum absolute atomic E-state index is 0.0790. The second-order valence-corrected chi connectivity index (χ2v) is 5.58. The van der Waals surface area contributed by atoms with E-state index < -0.39 is 0 Å². The summed E-state index contributed by atoms with van der Waals surface area (Å²) in [6, 6.07) is 4.35. The van der Waals surface area contributed by atoms with Gasteiger partial charge in [-0.15, -0.1) is 0 Å². The molecule has 0 bridgehead atoms. The van der Waals surface area contributed by atoms with Gasteiger partial charge >= 0.3 is 0 Å². The number of carbonyl (C=O) groups excluding carboxylic acids is 1. The fourth-order valence-electron chi connectivity index (χ4n) is 3.11. The molecule has 1 aliphatic heterocycles. The van der Waals surface area contributed by atoms with Crippen molar-refractivity contribution in [3.8, 4) is 0 Å². The van der Waals surface area contributed by atoms with Gasteiger partial charge in [0, 0.05) is 26.0 Å². The van der Waals surface area contributed by atoms with E-state index in [1.807, 2.05) is 12.4 Å². The zero-order chi connectivity index (χ0) is 15.4. The quantitative estimate of drug-likeness (QED) is 0.878. The summed E-state index contributed by atoms with van der Waals surface area (Å²) in [7, 11) is 1.65. The highest BCUT2D eigenvalue weighted by Gasteiger charge is 2.30. The largest absolute Gasteiger partial charge is 0.355 e. The molecule has 6 heteroatoms. The number of hydrogen-bond acceptors (Lipinski definition) is 4. The van der Waals surface area contributed by atoms with Gasteiger partial charge in [0.2, 0.25) is 0 Å². The Kier molecular flexibility index (Phi) is 4.48. The Labute approximate surface area is 129 Å². The van der Waals surface area contributed by atoms with Crippen molar-refractivity contribution in [2.75, 3.05) is 20.1 Å². The number of aromatic amines is 1. The van der Waals surface area contributed by atoms with Crippen LogP contribution in [0.25, 0.3) is 0 Å². The van der Waals surface area contributed by atoms with Gasteiger partial charge in [-0.05, 0) is 43.5 Å². The van der Waals surface area contributed by atoms with Crippen LogP contribution in [0, 0.1) is 0 Å². The summed E-state index contributed by atoms with van der Waals surface area (Å²) in [6.07, 6.45) is 8.47. The number of carbonyl (C=O) groups is 1. The molecule has 116 valence electrons. The molecule has 3 heterocycles. The summed E-state index contributed by atoms with van der Waals surface area (Å²) < 4.78 is 0. The molecule has 1 aliphatic rings. The lowest BCUT2D eigenvalue weighted by molar-refractivity contribution is 0.0960. The van der Waals surface area contributed by atoms with Crippen molar-refractivity contribution in [1.29, 1.82) is 0 Å². The predicted octanol–water partition coefficient (Wildman–Crippen LogP) is 1.54. The lowest BCUT2D eigenvalue weighted by Crippen LogP contribution is -2.28. The number of H-pyrrole nitrogens is 1. The number of pyridine rings is 1. The van der Waals surface area contributed by atoms with E-state index in [1.165, 1.54) is 5.56 Å². The normalized spacial score (nSPS) is 18.5. The summed E-state index contributed by atoms with van der Waals surface area (Å²) in [4.78, 5) is 18.4. The van der Waals surface area contributed by atoms with E-state index in [1.54, 1.807) is 13.2 Å². The molecule has 22 heavy (non-hydrogen) atoms. The third-order valence-electron chi connectivity index (χ3n) is 4.27. The molecule has 0 saturated carbocycles. The lowest BCUT2D eigenvalue weighted by atomic mass is 10.1. The van der Waals surface area contributed by atoms with Crippen molar-refractivity contribution >= 4 is 5.91 Å². The second-order valence-electron chi connectivity index (χ2n) is 5.58. The van der Waals surface area contributed by atoms with Crippen LogP contribution in [0.2, 0.25) is 0 Å². The number of nitrogens with zero attached hydrogens (tertiary/aromatic N) is 3. The minimum Gasteiger partial charge on any atom is -0.355 e. The maximum Gasteiger partial charge on any atom is 0.254 e. The Bertz CT molecular complexity index is 624. The first-order chi connectivity index (χ1) is 10.8. The van der Waals surface area contributed by atoms with E-state index in [0.29, 0.717) is 5.56 Å². The Morgan fingerprint density at radius 1 is 1.45 bits per heavy atom. The Morgan fingerprint density at radius 2 is 2.27 bits per heavy atom. The van der Waals surface area contributed by atoms with Crippen LogP contribution >= 0.6 is 0 Å². The predicted molar refractivity (Wildman–Crippen MR) is 83.5 cm³/mol. The van der Waals surface area contributed by atoms with Gasteiger partial charge in [0.15, 0.2) is 0 Å². The van der Waals surface area contributed by atoms with Gasteiger partial charge in [-0.25, -0.2) is 0 Å². The average molecular weight is 299 g/mol. The first-order valence-corrected chi connectivity index (χ1v) is 7.68. The van der Waals surface area contributed by atoms with Crippen LogP contribution in [0.15, 0.2) is 30.7 Å². The highest BCUT2D eigenvalue weighted by atomic mass is 16.1. The molecule has 1 fully saturated rings. The molecular weight excluding hydrogens is 278 g/mol. The number of hydrogen-bond donors (Lipinski definition) is 2. The van der Waals surface area contributed by atoms with Gasteiger partial charge in [0.05, 0.1) is 23.5 Å². The molecule has 0 spiro atoms. The topological polar surface area (TPSA) is 73.9 Å². The van der Waals surface area contributed by atoms with Crippen molar-refractivity contribution in [3.63, 3.8) is 0 Å². The minimum atomic E-state index is -0.0790. The average Bonchev–Trinajstić information content (AvgIpc) is 3.21. The van der Waals surface area contributed by atoms with Gasteiger partial charge in [0.1, 0.15) is 0 Å². The lowest BCUT2D eigenvalue weighted by Gasteiger charge is -2.24. The zero-order valence-corrected chi connectivity index (χ0v) is 12.7. The van der Waals surface area contributed by atoms with Gasteiger partial charge < -0.3 is 5.32 Å². The van der Waals surface area contributed by atoms with E-state index >= 15 is 0 Å². The second kappa shape index (κ2) is 6.70. The van der Waals surface area contributed by atoms with Crippen LogP contribution in [0.3, 0.4) is 0 Å². The summed E-state index contributed by atoms with van der Waals surface area (Å²) in [5.74, 6) is -0.0790.